The van der Waals surface area contributed by atoms with Crippen LogP contribution in [0, 0.1) is 5.70 Å². The molecule has 0 N–H and O–H groups in total. The normalized spacial score (nSPS) is 8.96. The zero-order valence-electron chi connectivity index (χ0n) is 18.1. The van der Waals surface area contributed by atoms with Crippen molar-refractivity contribution >= 4 is 14.2 Å². The standard InChI is InChI=1S/C10H19Si.C3H6O3.2C3H7O.Ti/c1-5-6-7-8-9-10-11(2,3)4;1-2-6-3(4)5;2*1-3(2)4;/h8H,5-7H2,1-4H3;2H2,1H3,(H,4,5);2*3H,1-2H3;/q;;2*-1;+3/p-1. The summed E-state index contributed by atoms with van der Waals surface area (Å²) >= 11 is 0. The molecule has 26 heavy (non-hydrogen) atoms. The van der Waals surface area contributed by atoms with Gasteiger partial charge in [-0.25, -0.2) is 0 Å². The van der Waals surface area contributed by atoms with Gasteiger partial charge in [0.25, 0.3) is 6.16 Å². The average molecular weight is 422 g/mol. The molecule has 0 aromatic heterocycles. The van der Waals surface area contributed by atoms with E-state index in [4.69, 9.17) is 0 Å². The third-order valence-corrected chi connectivity index (χ3v) is 2.41. The average Bonchev–Trinajstić information content (AvgIpc) is 2.36. The summed E-state index contributed by atoms with van der Waals surface area (Å²) < 4.78 is 3.85. The Kier molecular flexibility index (Phi) is 37.8. The maximum absolute atomic E-state index is 9.53. The van der Waals surface area contributed by atoms with Crippen molar-refractivity contribution in [3.05, 3.63) is 17.5 Å². The van der Waals surface area contributed by atoms with Gasteiger partial charge in [-0.05, 0) is 31.5 Å². The van der Waals surface area contributed by atoms with Crippen LogP contribution in [0.25, 0.3) is 0 Å². The predicted molar refractivity (Wildman–Crippen MR) is 101 cm³/mol. The van der Waals surface area contributed by atoms with Gasteiger partial charge < -0.3 is 24.9 Å². The van der Waals surface area contributed by atoms with Crippen LogP contribution in [0.4, 0.5) is 4.79 Å². The van der Waals surface area contributed by atoms with E-state index in [0.717, 1.165) is 6.42 Å². The Balaban J connectivity index is -0.0000000833. The first-order chi connectivity index (χ1) is 11.3. The minimum absolute atomic E-state index is 0. The van der Waals surface area contributed by atoms with Crippen LogP contribution in [0.3, 0.4) is 0 Å². The van der Waals surface area contributed by atoms with Gasteiger partial charge in [0.2, 0.25) is 0 Å². The third-order valence-electron chi connectivity index (χ3n) is 1.51. The number of ether oxygens (including phenoxy) is 1. The molecule has 0 fully saturated rings. The Hall–Kier alpha value is -0.359. The number of hydrogen-bond donors (Lipinski definition) is 0. The van der Waals surface area contributed by atoms with E-state index < -0.39 is 26.4 Å². The van der Waals surface area contributed by atoms with E-state index >= 15 is 0 Å². The Morgan fingerprint density at radius 3 is 1.65 bits per heavy atom. The molecule has 0 rings (SSSR count). The molecule has 0 aromatic rings. The molecule has 0 saturated carbocycles. The van der Waals surface area contributed by atoms with Crippen LogP contribution in [0.2, 0.25) is 19.6 Å². The van der Waals surface area contributed by atoms with Crippen molar-refractivity contribution in [2.75, 3.05) is 6.61 Å². The van der Waals surface area contributed by atoms with Gasteiger partial charge in [0.05, 0.1) is 8.07 Å². The van der Waals surface area contributed by atoms with Crippen molar-refractivity contribution in [1.29, 1.82) is 0 Å². The van der Waals surface area contributed by atoms with Gasteiger partial charge in [-0.15, -0.1) is 17.9 Å². The predicted octanol–water partition coefficient (Wildman–Crippen LogP) is 2.44. The molecule has 0 aliphatic heterocycles. The molecule has 0 saturated heterocycles. The SMILES string of the molecule is CC(C)[O-].CC(C)[O-].CCCCC=C=[C][Si](C)(C)C.CCOC(=O)[O-].[Ti+3]. The summed E-state index contributed by atoms with van der Waals surface area (Å²) in [5.74, 6) is 0. The van der Waals surface area contributed by atoms with Crippen molar-refractivity contribution in [3.63, 3.8) is 0 Å². The van der Waals surface area contributed by atoms with Gasteiger partial charge in [0, 0.05) is 6.61 Å². The molecule has 0 amide bonds. The minimum Gasteiger partial charge on any atom is -0.852 e. The van der Waals surface area contributed by atoms with Crippen LogP contribution < -0.4 is 15.3 Å². The van der Waals surface area contributed by atoms with Crippen LogP contribution >= 0.6 is 0 Å². The topological polar surface area (TPSA) is 95.5 Å². The molecule has 0 aliphatic carbocycles. The summed E-state index contributed by atoms with van der Waals surface area (Å²) in [5.41, 5.74) is 6.46. The smallest absolute Gasteiger partial charge is 0.852 e. The number of carbonyl (C=O) groups excluding carboxylic acids is 1. The first kappa shape index (κ1) is 36.5. The molecule has 0 unspecified atom stereocenters. The summed E-state index contributed by atoms with van der Waals surface area (Å²) in [5, 5.41) is 28.3. The molecular weight excluding hydrogens is 384 g/mol. The Bertz CT molecular complexity index is 322. The molecule has 0 bridgehead atoms. The van der Waals surface area contributed by atoms with E-state index in [9.17, 15) is 20.1 Å². The Labute approximate surface area is 177 Å². The number of carbonyl (C=O) groups is 1. The molecule has 2 radical (unpaired) electrons. The molecular formula is C19H38O5SiTi. The van der Waals surface area contributed by atoms with Crippen LogP contribution in [0.1, 0.15) is 60.8 Å². The number of rotatable bonds is 5. The van der Waals surface area contributed by atoms with Crippen LogP contribution in [-0.4, -0.2) is 33.0 Å². The molecule has 7 heteroatoms. The molecule has 5 nitrogen and oxygen atoms in total. The van der Waals surface area contributed by atoms with E-state index in [2.05, 4.69) is 48.8 Å². The van der Waals surface area contributed by atoms with Gasteiger partial charge in [-0.3, -0.25) is 0 Å². The summed E-state index contributed by atoms with van der Waals surface area (Å²) in [6.07, 6.45) is 3.53. The van der Waals surface area contributed by atoms with Gasteiger partial charge in [-0.1, -0.05) is 60.7 Å². The largest absolute Gasteiger partial charge is 3.00 e. The molecule has 0 aliphatic rings. The van der Waals surface area contributed by atoms with Crippen molar-refractivity contribution in [3.8, 4) is 0 Å². The van der Waals surface area contributed by atoms with Gasteiger partial charge >= 0.3 is 21.7 Å². The van der Waals surface area contributed by atoms with Gasteiger partial charge in [-0.2, -0.15) is 0 Å². The molecule has 0 aromatic carbocycles. The fourth-order valence-electron chi connectivity index (χ4n) is 0.764. The molecule has 0 atom stereocenters. The molecule has 0 spiro atoms. The second kappa shape index (κ2) is 26.9. The van der Waals surface area contributed by atoms with Crippen LogP contribution in [0.15, 0.2) is 11.8 Å². The monoisotopic (exact) mass is 422 g/mol. The van der Waals surface area contributed by atoms with Crippen LogP contribution in [0.5, 0.6) is 0 Å². The van der Waals surface area contributed by atoms with Crippen molar-refractivity contribution < 1.29 is 46.6 Å². The number of hydrogen-bond acceptors (Lipinski definition) is 5. The van der Waals surface area contributed by atoms with E-state index in [1.165, 1.54) is 12.8 Å². The maximum atomic E-state index is 9.53. The fraction of sp³-hybridized carbons (Fsp3) is 0.789. The van der Waals surface area contributed by atoms with Crippen molar-refractivity contribution in [2.45, 2.75) is 92.7 Å². The van der Waals surface area contributed by atoms with Gasteiger partial charge in [0.1, 0.15) is 0 Å². The fourth-order valence-corrected chi connectivity index (χ4v) is 1.30. The Morgan fingerprint density at radius 1 is 1.08 bits per heavy atom. The number of allylic oxidation sites excluding steroid dienone is 1. The van der Waals surface area contributed by atoms with E-state index in [1.807, 2.05) is 0 Å². The minimum atomic E-state index is -1.46. The summed E-state index contributed by atoms with van der Waals surface area (Å²) in [7, 11) is -1.11. The second-order valence-corrected chi connectivity index (χ2v) is 11.4. The van der Waals surface area contributed by atoms with Crippen molar-refractivity contribution in [2.24, 2.45) is 0 Å². The van der Waals surface area contributed by atoms with Crippen LogP contribution in [-0.2, 0) is 26.5 Å². The van der Waals surface area contributed by atoms with E-state index in [-0.39, 0.29) is 28.3 Å². The Morgan fingerprint density at radius 2 is 1.46 bits per heavy atom. The summed E-state index contributed by atoms with van der Waals surface area (Å²) in [6, 6.07) is 0. The van der Waals surface area contributed by atoms with Gasteiger partial charge in [0.15, 0.2) is 0 Å². The van der Waals surface area contributed by atoms with E-state index in [0.29, 0.717) is 0 Å². The zero-order chi connectivity index (χ0) is 20.9. The van der Waals surface area contributed by atoms with Crippen molar-refractivity contribution in [1.82, 2.24) is 0 Å². The second-order valence-electron chi connectivity index (χ2n) is 6.65. The zero-order valence-corrected chi connectivity index (χ0v) is 20.7. The quantitative estimate of drug-likeness (QED) is 0.294. The number of carboxylic acid groups (broad SMARTS) is 1. The summed E-state index contributed by atoms with van der Waals surface area (Å²) in [6.45, 7) is 17.2. The first-order valence-electron chi connectivity index (χ1n) is 8.79. The molecule has 0 heterocycles. The molecule has 152 valence electrons. The third kappa shape index (κ3) is 107. The maximum Gasteiger partial charge on any atom is 3.00 e. The van der Waals surface area contributed by atoms with E-state index in [1.54, 1.807) is 34.6 Å². The number of unbranched alkanes of at least 4 members (excludes halogenated alkanes) is 2. The first-order valence-corrected chi connectivity index (χ1v) is 12.3. The summed E-state index contributed by atoms with van der Waals surface area (Å²) in [4.78, 5) is 9.27.